The molecule has 2 aromatic heterocycles. The molecule has 3 heteroatoms. The molecule has 0 atom stereocenters. The summed E-state index contributed by atoms with van der Waals surface area (Å²) in [6.07, 6.45) is 10.9. The summed E-state index contributed by atoms with van der Waals surface area (Å²) in [5.41, 5.74) is 6.08. The van der Waals surface area contributed by atoms with Gasteiger partial charge < -0.3 is 0 Å². The second-order valence-corrected chi connectivity index (χ2v) is 4.77. The number of aromatic nitrogens is 3. The average Bonchev–Trinajstić information content (AvgIpc) is 2.83. The molecule has 0 saturated carbocycles. The van der Waals surface area contributed by atoms with Crippen molar-refractivity contribution in [3.63, 3.8) is 0 Å². The fourth-order valence-electron chi connectivity index (χ4n) is 2.60. The molecule has 0 saturated heterocycles. The van der Waals surface area contributed by atoms with E-state index in [0.717, 1.165) is 12.1 Å². The minimum atomic E-state index is 1.06. The lowest BCUT2D eigenvalue weighted by atomic mass is 9.92. The fraction of sp³-hybridized carbons (Fsp3) is 0.333. The van der Waals surface area contributed by atoms with Gasteiger partial charge in [-0.2, -0.15) is 5.10 Å². The van der Waals surface area contributed by atoms with Gasteiger partial charge in [-0.1, -0.05) is 6.08 Å². The van der Waals surface area contributed by atoms with Crippen LogP contribution in [-0.2, 0) is 0 Å². The first kappa shape index (κ1) is 11.2. The van der Waals surface area contributed by atoms with Crippen LogP contribution in [0.4, 0.5) is 0 Å². The maximum Gasteiger partial charge on any atom is 0.0687 e. The van der Waals surface area contributed by atoms with Crippen LogP contribution in [0.5, 0.6) is 0 Å². The Labute approximate surface area is 107 Å². The molecule has 0 unspecified atom stereocenters. The van der Waals surface area contributed by atoms with Gasteiger partial charge in [0.05, 0.1) is 11.4 Å². The summed E-state index contributed by atoms with van der Waals surface area (Å²) in [4.78, 5) is 4.08. The van der Waals surface area contributed by atoms with Gasteiger partial charge in [0.25, 0.3) is 0 Å². The van der Waals surface area contributed by atoms with Gasteiger partial charge in [-0.25, -0.2) is 0 Å². The number of H-pyrrole nitrogens is 1. The number of aryl methyl sites for hydroxylation is 1. The highest BCUT2D eigenvalue weighted by Crippen LogP contribution is 2.34. The number of rotatable bonds is 2. The molecule has 1 aliphatic carbocycles. The first-order chi connectivity index (χ1) is 8.86. The Hall–Kier alpha value is -1.90. The predicted octanol–water partition coefficient (Wildman–Crippen LogP) is 3.74. The molecule has 18 heavy (non-hydrogen) atoms. The van der Waals surface area contributed by atoms with Crippen LogP contribution in [0, 0.1) is 6.92 Å². The first-order valence-corrected chi connectivity index (χ1v) is 6.51. The lowest BCUT2D eigenvalue weighted by molar-refractivity contribution is 0.739. The van der Waals surface area contributed by atoms with Crippen molar-refractivity contribution in [3.8, 4) is 11.1 Å². The van der Waals surface area contributed by atoms with Crippen LogP contribution < -0.4 is 0 Å². The predicted molar refractivity (Wildman–Crippen MR) is 73.0 cm³/mol. The molecule has 0 radical (unpaired) electrons. The average molecular weight is 239 g/mol. The standard InChI is InChI=1S/C15H17N3/c1-11-14(12-7-9-16-10-8-12)15(18-17-11)13-5-3-2-4-6-13/h5,7-10H,2-4,6H2,1H3,(H,17,18). The largest absolute Gasteiger partial charge is 0.277 e. The Bertz CT molecular complexity index is 567. The van der Waals surface area contributed by atoms with Crippen molar-refractivity contribution in [2.75, 3.05) is 0 Å². The Balaban J connectivity index is 2.09. The Morgan fingerprint density at radius 3 is 2.72 bits per heavy atom. The van der Waals surface area contributed by atoms with Crippen molar-refractivity contribution in [1.29, 1.82) is 0 Å². The molecule has 0 aromatic carbocycles. The molecule has 0 bridgehead atoms. The van der Waals surface area contributed by atoms with E-state index in [1.807, 2.05) is 24.5 Å². The number of pyridine rings is 1. The van der Waals surface area contributed by atoms with E-state index in [1.54, 1.807) is 0 Å². The molecule has 1 aliphatic rings. The monoisotopic (exact) mass is 239 g/mol. The molecule has 0 amide bonds. The summed E-state index contributed by atoms with van der Waals surface area (Å²) < 4.78 is 0. The van der Waals surface area contributed by atoms with Crippen LogP contribution in [0.1, 0.15) is 37.1 Å². The maximum atomic E-state index is 4.38. The first-order valence-electron chi connectivity index (χ1n) is 6.51. The molecule has 2 aromatic rings. The van der Waals surface area contributed by atoms with Crippen molar-refractivity contribution < 1.29 is 0 Å². The van der Waals surface area contributed by atoms with E-state index in [4.69, 9.17) is 0 Å². The topological polar surface area (TPSA) is 41.6 Å². The Kier molecular flexibility index (Phi) is 2.97. The summed E-state index contributed by atoms with van der Waals surface area (Å²) in [5.74, 6) is 0. The van der Waals surface area contributed by atoms with Gasteiger partial charge in [0, 0.05) is 18.0 Å². The van der Waals surface area contributed by atoms with Crippen molar-refractivity contribution in [3.05, 3.63) is 42.0 Å². The van der Waals surface area contributed by atoms with Crippen molar-refractivity contribution in [1.82, 2.24) is 15.2 Å². The Morgan fingerprint density at radius 1 is 1.17 bits per heavy atom. The zero-order chi connectivity index (χ0) is 12.4. The Morgan fingerprint density at radius 2 is 2.00 bits per heavy atom. The van der Waals surface area contributed by atoms with Crippen LogP contribution in [0.3, 0.4) is 0 Å². The van der Waals surface area contributed by atoms with Crippen molar-refractivity contribution in [2.45, 2.75) is 32.6 Å². The number of hydrogen-bond acceptors (Lipinski definition) is 2. The van der Waals surface area contributed by atoms with E-state index >= 15 is 0 Å². The molecule has 0 fully saturated rings. The molecule has 2 heterocycles. The van der Waals surface area contributed by atoms with Crippen LogP contribution in [-0.4, -0.2) is 15.2 Å². The summed E-state index contributed by atoms with van der Waals surface area (Å²) in [7, 11) is 0. The van der Waals surface area contributed by atoms with E-state index in [0.29, 0.717) is 0 Å². The van der Waals surface area contributed by atoms with Crippen molar-refractivity contribution >= 4 is 5.57 Å². The number of aromatic amines is 1. The third-order valence-electron chi connectivity index (χ3n) is 3.53. The molecule has 0 aliphatic heterocycles. The normalized spacial score (nSPS) is 15.5. The molecule has 3 rings (SSSR count). The third-order valence-corrected chi connectivity index (χ3v) is 3.53. The lowest BCUT2D eigenvalue weighted by Gasteiger charge is -2.13. The molecule has 92 valence electrons. The highest BCUT2D eigenvalue weighted by molar-refractivity contribution is 5.80. The minimum Gasteiger partial charge on any atom is -0.277 e. The number of nitrogens with zero attached hydrogens (tertiary/aromatic N) is 2. The summed E-state index contributed by atoms with van der Waals surface area (Å²) in [6, 6.07) is 4.09. The lowest BCUT2D eigenvalue weighted by Crippen LogP contribution is -1.94. The van der Waals surface area contributed by atoms with Gasteiger partial charge >= 0.3 is 0 Å². The highest BCUT2D eigenvalue weighted by atomic mass is 15.1. The zero-order valence-corrected chi connectivity index (χ0v) is 10.6. The van der Waals surface area contributed by atoms with Crippen LogP contribution in [0.2, 0.25) is 0 Å². The molecule has 1 N–H and O–H groups in total. The summed E-state index contributed by atoms with van der Waals surface area (Å²) in [5, 5.41) is 7.59. The van der Waals surface area contributed by atoms with Crippen LogP contribution in [0.15, 0.2) is 30.6 Å². The maximum absolute atomic E-state index is 4.38. The molecule has 3 nitrogen and oxygen atoms in total. The smallest absolute Gasteiger partial charge is 0.0687 e. The number of hydrogen-bond donors (Lipinski definition) is 1. The highest BCUT2D eigenvalue weighted by Gasteiger charge is 2.16. The van der Waals surface area contributed by atoms with Gasteiger partial charge in [-0.15, -0.1) is 0 Å². The molecule has 0 spiro atoms. The number of nitrogens with one attached hydrogen (secondary N) is 1. The van der Waals surface area contributed by atoms with Gasteiger partial charge in [0.2, 0.25) is 0 Å². The second-order valence-electron chi connectivity index (χ2n) is 4.77. The van der Waals surface area contributed by atoms with Gasteiger partial charge in [0.1, 0.15) is 0 Å². The van der Waals surface area contributed by atoms with Gasteiger partial charge in [-0.05, 0) is 55.9 Å². The van der Waals surface area contributed by atoms with Crippen molar-refractivity contribution in [2.24, 2.45) is 0 Å². The van der Waals surface area contributed by atoms with E-state index in [1.165, 1.54) is 41.7 Å². The van der Waals surface area contributed by atoms with Crippen LogP contribution in [0.25, 0.3) is 16.7 Å². The summed E-state index contributed by atoms with van der Waals surface area (Å²) >= 11 is 0. The fourth-order valence-corrected chi connectivity index (χ4v) is 2.60. The van der Waals surface area contributed by atoms with Gasteiger partial charge in [0.15, 0.2) is 0 Å². The SMILES string of the molecule is Cc1n[nH]c(C2=CCCCC2)c1-c1ccncc1. The van der Waals surface area contributed by atoms with E-state index < -0.39 is 0 Å². The minimum absolute atomic E-state index is 1.06. The van der Waals surface area contributed by atoms with E-state index in [9.17, 15) is 0 Å². The quantitative estimate of drug-likeness (QED) is 0.867. The van der Waals surface area contributed by atoms with E-state index in [2.05, 4.69) is 28.2 Å². The molecular weight excluding hydrogens is 222 g/mol. The van der Waals surface area contributed by atoms with E-state index in [-0.39, 0.29) is 0 Å². The third kappa shape index (κ3) is 1.96. The molecular formula is C15H17N3. The second kappa shape index (κ2) is 4.77. The van der Waals surface area contributed by atoms with Gasteiger partial charge in [-0.3, -0.25) is 10.1 Å². The van der Waals surface area contributed by atoms with Crippen LogP contribution >= 0.6 is 0 Å². The zero-order valence-electron chi connectivity index (χ0n) is 10.6. The summed E-state index contributed by atoms with van der Waals surface area (Å²) in [6.45, 7) is 2.05. The number of allylic oxidation sites excluding steroid dienone is 2.